The Kier molecular flexibility index (Phi) is 4.87. The summed E-state index contributed by atoms with van der Waals surface area (Å²) in [7, 11) is 1.54. The van der Waals surface area contributed by atoms with Gasteiger partial charge in [-0.25, -0.2) is 0 Å². The van der Waals surface area contributed by atoms with Crippen LogP contribution in [0.5, 0.6) is 11.5 Å². The van der Waals surface area contributed by atoms with Gasteiger partial charge in [-0.1, -0.05) is 48.0 Å². The summed E-state index contributed by atoms with van der Waals surface area (Å²) in [6, 6.07) is 18.7. The summed E-state index contributed by atoms with van der Waals surface area (Å²) < 4.78 is 10.7. The average molecular weight is 342 g/mol. The van der Waals surface area contributed by atoms with Crippen LogP contribution in [0.15, 0.2) is 60.7 Å². The first-order chi connectivity index (χ1) is 11.7. The minimum atomic E-state index is -0.260. The molecule has 4 nitrogen and oxygen atoms in total. The van der Waals surface area contributed by atoms with Crippen LogP contribution >= 0.6 is 11.6 Å². The fourth-order valence-electron chi connectivity index (χ4n) is 2.41. The maximum absolute atomic E-state index is 12.1. The summed E-state index contributed by atoms with van der Waals surface area (Å²) in [6.45, 7) is -0.0857. The summed E-state index contributed by atoms with van der Waals surface area (Å²) in [5.74, 6) is 0.974. The van der Waals surface area contributed by atoms with Crippen molar-refractivity contribution in [2.45, 2.75) is 0 Å². The lowest BCUT2D eigenvalue weighted by Crippen LogP contribution is -2.20. The second kappa shape index (κ2) is 7.23. The predicted octanol–water partition coefficient (Wildman–Crippen LogP) is 4.52. The number of hydrogen-bond donors (Lipinski definition) is 1. The van der Waals surface area contributed by atoms with Gasteiger partial charge in [0.15, 0.2) is 6.61 Å². The number of nitrogens with one attached hydrogen (secondary N) is 1. The Morgan fingerprint density at radius 3 is 2.62 bits per heavy atom. The molecule has 3 aromatic rings. The normalized spacial score (nSPS) is 10.4. The minimum Gasteiger partial charge on any atom is -0.495 e. The number of benzene rings is 3. The van der Waals surface area contributed by atoms with Gasteiger partial charge in [0, 0.05) is 11.1 Å². The van der Waals surface area contributed by atoms with Gasteiger partial charge < -0.3 is 14.8 Å². The molecule has 3 rings (SSSR count). The van der Waals surface area contributed by atoms with Gasteiger partial charge in [-0.2, -0.15) is 0 Å². The number of anilines is 1. The molecule has 0 spiro atoms. The SMILES string of the molecule is COc1ccc(NC(=O)COc2cccc3ccccc23)cc1Cl. The van der Waals surface area contributed by atoms with Gasteiger partial charge in [-0.3, -0.25) is 4.79 Å². The van der Waals surface area contributed by atoms with Crippen molar-refractivity contribution in [3.8, 4) is 11.5 Å². The summed E-state index contributed by atoms with van der Waals surface area (Å²) in [6.07, 6.45) is 0. The van der Waals surface area contributed by atoms with Crippen LogP contribution in [0.3, 0.4) is 0 Å². The number of amides is 1. The van der Waals surface area contributed by atoms with Gasteiger partial charge in [-0.15, -0.1) is 0 Å². The van der Waals surface area contributed by atoms with Crippen molar-refractivity contribution >= 4 is 34.0 Å². The van der Waals surface area contributed by atoms with Crippen LogP contribution in [-0.2, 0) is 4.79 Å². The zero-order valence-corrected chi connectivity index (χ0v) is 13.8. The van der Waals surface area contributed by atoms with Crippen molar-refractivity contribution in [2.24, 2.45) is 0 Å². The molecule has 122 valence electrons. The molecule has 0 aliphatic carbocycles. The van der Waals surface area contributed by atoms with Crippen LogP contribution in [0.25, 0.3) is 10.8 Å². The summed E-state index contributed by atoms with van der Waals surface area (Å²) in [5, 5.41) is 5.22. The fourth-order valence-corrected chi connectivity index (χ4v) is 2.66. The zero-order valence-electron chi connectivity index (χ0n) is 13.1. The summed E-state index contributed by atoms with van der Waals surface area (Å²) in [4.78, 5) is 12.1. The summed E-state index contributed by atoms with van der Waals surface area (Å²) in [5.41, 5.74) is 0.590. The van der Waals surface area contributed by atoms with Crippen LogP contribution in [0.4, 0.5) is 5.69 Å². The molecule has 0 unspecified atom stereocenters. The standard InChI is InChI=1S/C19H16ClNO3/c1-23-18-10-9-14(11-16(18)20)21-19(22)12-24-17-8-4-6-13-5-2-3-7-15(13)17/h2-11H,12H2,1H3,(H,21,22). The Morgan fingerprint density at radius 2 is 1.83 bits per heavy atom. The smallest absolute Gasteiger partial charge is 0.262 e. The Morgan fingerprint density at radius 1 is 1.04 bits per heavy atom. The van der Waals surface area contributed by atoms with E-state index in [0.29, 0.717) is 22.2 Å². The molecular formula is C19H16ClNO3. The molecule has 0 bridgehead atoms. The Hall–Kier alpha value is -2.72. The molecule has 0 atom stereocenters. The maximum Gasteiger partial charge on any atom is 0.262 e. The van der Waals surface area contributed by atoms with Gasteiger partial charge in [0.25, 0.3) is 5.91 Å². The number of carbonyl (C=O) groups is 1. The van der Waals surface area contributed by atoms with Crippen molar-refractivity contribution < 1.29 is 14.3 Å². The number of methoxy groups -OCH3 is 1. The lowest BCUT2D eigenvalue weighted by molar-refractivity contribution is -0.118. The third kappa shape index (κ3) is 3.60. The molecule has 0 aromatic heterocycles. The second-order valence-electron chi connectivity index (χ2n) is 5.16. The van der Waals surface area contributed by atoms with Gasteiger partial charge >= 0.3 is 0 Å². The fraction of sp³-hybridized carbons (Fsp3) is 0.105. The molecule has 0 radical (unpaired) electrons. The molecule has 0 aliphatic rings. The van der Waals surface area contributed by atoms with E-state index in [0.717, 1.165) is 10.8 Å². The molecule has 24 heavy (non-hydrogen) atoms. The van der Waals surface area contributed by atoms with Crippen LogP contribution in [0.2, 0.25) is 5.02 Å². The van der Waals surface area contributed by atoms with E-state index < -0.39 is 0 Å². The van der Waals surface area contributed by atoms with E-state index in [2.05, 4.69) is 5.32 Å². The molecule has 1 amide bonds. The van der Waals surface area contributed by atoms with E-state index >= 15 is 0 Å². The number of ether oxygens (including phenoxy) is 2. The van der Waals surface area contributed by atoms with E-state index in [4.69, 9.17) is 21.1 Å². The highest BCUT2D eigenvalue weighted by Crippen LogP contribution is 2.27. The average Bonchev–Trinajstić information content (AvgIpc) is 2.60. The zero-order chi connectivity index (χ0) is 16.9. The van der Waals surface area contributed by atoms with Crippen LogP contribution in [0, 0.1) is 0 Å². The van der Waals surface area contributed by atoms with E-state index in [-0.39, 0.29) is 12.5 Å². The van der Waals surface area contributed by atoms with Crippen molar-refractivity contribution in [2.75, 3.05) is 19.0 Å². The van der Waals surface area contributed by atoms with E-state index in [1.54, 1.807) is 18.2 Å². The van der Waals surface area contributed by atoms with Gasteiger partial charge in [0.1, 0.15) is 11.5 Å². The topological polar surface area (TPSA) is 47.6 Å². The minimum absolute atomic E-state index is 0.0857. The quantitative estimate of drug-likeness (QED) is 0.742. The number of fused-ring (bicyclic) bond motifs is 1. The third-order valence-electron chi connectivity index (χ3n) is 3.54. The van der Waals surface area contributed by atoms with E-state index in [1.807, 2.05) is 42.5 Å². The van der Waals surface area contributed by atoms with Gasteiger partial charge in [0.05, 0.1) is 12.1 Å². The number of halogens is 1. The Bertz CT molecular complexity index is 874. The van der Waals surface area contributed by atoms with Crippen molar-refractivity contribution in [1.82, 2.24) is 0 Å². The molecule has 3 aromatic carbocycles. The molecule has 0 saturated carbocycles. The highest BCUT2D eigenvalue weighted by Gasteiger charge is 2.08. The van der Waals surface area contributed by atoms with Gasteiger partial charge in [0.2, 0.25) is 0 Å². The predicted molar refractivity (Wildman–Crippen MR) is 96.1 cm³/mol. The van der Waals surface area contributed by atoms with Crippen LogP contribution < -0.4 is 14.8 Å². The first-order valence-corrected chi connectivity index (χ1v) is 7.79. The second-order valence-corrected chi connectivity index (χ2v) is 5.57. The van der Waals surface area contributed by atoms with Crippen molar-refractivity contribution in [3.05, 3.63) is 65.7 Å². The Labute approximate surface area is 145 Å². The first-order valence-electron chi connectivity index (χ1n) is 7.41. The Balaban J connectivity index is 1.66. The molecule has 5 heteroatoms. The number of carbonyl (C=O) groups excluding carboxylic acids is 1. The monoisotopic (exact) mass is 341 g/mol. The lowest BCUT2D eigenvalue weighted by Gasteiger charge is -2.10. The van der Waals surface area contributed by atoms with Crippen LogP contribution in [-0.4, -0.2) is 19.6 Å². The maximum atomic E-state index is 12.1. The molecule has 0 heterocycles. The summed E-state index contributed by atoms with van der Waals surface area (Å²) >= 11 is 6.04. The van der Waals surface area contributed by atoms with Gasteiger partial charge in [-0.05, 0) is 29.7 Å². The molecule has 0 aliphatic heterocycles. The van der Waals surface area contributed by atoms with E-state index in [9.17, 15) is 4.79 Å². The molecule has 1 N–H and O–H groups in total. The van der Waals surface area contributed by atoms with Crippen molar-refractivity contribution in [1.29, 1.82) is 0 Å². The van der Waals surface area contributed by atoms with Crippen LogP contribution in [0.1, 0.15) is 0 Å². The molecular weight excluding hydrogens is 326 g/mol. The van der Waals surface area contributed by atoms with E-state index in [1.165, 1.54) is 7.11 Å². The van der Waals surface area contributed by atoms with Crippen molar-refractivity contribution in [3.63, 3.8) is 0 Å². The highest BCUT2D eigenvalue weighted by molar-refractivity contribution is 6.32. The third-order valence-corrected chi connectivity index (χ3v) is 3.84. The molecule has 0 saturated heterocycles. The highest BCUT2D eigenvalue weighted by atomic mass is 35.5. The largest absolute Gasteiger partial charge is 0.495 e. The number of hydrogen-bond acceptors (Lipinski definition) is 3. The molecule has 0 fully saturated rings. The number of rotatable bonds is 5. The lowest BCUT2D eigenvalue weighted by atomic mass is 10.1. The first kappa shape index (κ1) is 16.1.